The summed E-state index contributed by atoms with van der Waals surface area (Å²) in [6.45, 7) is 5.69. The van der Waals surface area contributed by atoms with E-state index in [9.17, 15) is 4.79 Å². The van der Waals surface area contributed by atoms with E-state index in [0.717, 1.165) is 48.9 Å². The van der Waals surface area contributed by atoms with Gasteiger partial charge in [-0.15, -0.1) is 0 Å². The van der Waals surface area contributed by atoms with Gasteiger partial charge in [-0.2, -0.15) is 0 Å². The van der Waals surface area contributed by atoms with Crippen LogP contribution in [-0.4, -0.2) is 25.1 Å². The van der Waals surface area contributed by atoms with Crippen LogP contribution in [0.2, 0.25) is 0 Å². The van der Waals surface area contributed by atoms with Crippen molar-refractivity contribution >= 4 is 5.78 Å². The molecule has 0 radical (unpaired) electrons. The molecule has 0 N–H and O–H groups in total. The minimum Gasteiger partial charge on any atom is -0.382 e. The van der Waals surface area contributed by atoms with Gasteiger partial charge in [0.2, 0.25) is 0 Å². The van der Waals surface area contributed by atoms with Crippen LogP contribution in [0, 0.1) is 40.9 Å². The number of rotatable bonds is 6. The number of Topliss-reactive ketones (excluding diaryl/α,β-unsaturated/α-hetero) is 1. The SMILES string of the molecule is COC[C@@]1(OCc2ccccc2)CC[C@H]2[C@H](CC[C@@H]3[C@@H]2CC[C@]2(C)[C@@H](C(C)=O)CC[C@@H]32)C1. The molecule has 4 fully saturated rings. The Kier molecular flexibility index (Phi) is 6.26. The van der Waals surface area contributed by atoms with Gasteiger partial charge in [0.25, 0.3) is 0 Å². The summed E-state index contributed by atoms with van der Waals surface area (Å²) in [7, 11) is 1.82. The van der Waals surface area contributed by atoms with Crippen molar-refractivity contribution in [3.8, 4) is 0 Å². The second kappa shape index (κ2) is 8.87. The Bertz CT molecular complexity index is 806. The zero-order valence-electron chi connectivity index (χ0n) is 20.4. The highest BCUT2D eigenvalue weighted by molar-refractivity contribution is 5.79. The van der Waals surface area contributed by atoms with E-state index in [-0.39, 0.29) is 11.0 Å². The lowest BCUT2D eigenvalue weighted by Crippen LogP contribution is -2.52. The second-order valence-electron chi connectivity index (χ2n) is 11.9. The van der Waals surface area contributed by atoms with Crippen molar-refractivity contribution in [2.75, 3.05) is 13.7 Å². The molecule has 4 aliphatic rings. The van der Waals surface area contributed by atoms with E-state index < -0.39 is 0 Å². The maximum Gasteiger partial charge on any atom is 0.133 e. The lowest BCUT2D eigenvalue weighted by Gasteiger charge is -2.57. The average molecular weight is 439 g/mol. The summed E-state index contributed by atoms with van der Waals surface area (Å²) >= 11 is 0. The molecule has 0 bridgehead atoms. The summed E-state index contributed by atoms with van der Waals surface area (Å²) in [5.74, 6) is 4.87. The molecular formula is C29H42O3. The highest BCUT2D eigenvalue weighted by atomic mass is 16.5. The highest BCUT2D eigenvalue weighted by Crippen LogP contribution is 2.64. The fourth-order valence-corrected chi connectivity index (χ4v) is 8.99. The average Bonchev–Trinajstić information content (AvgIpc) is 3.16. The largest absolute Gasteiger partial charge is 0.382 e. The van der Waals surface area contributed by atoms with Crippen molar-refractivity contribution in [1.29, 1.82) is 0 Å². The third kappa shape index (κ3) is 3.88. The van der Waals surface area contributed by atoms with E-state index in [1.807, 2.05) is 14.0 Å². The summed E-state index contributed by atoms with van der Waals surface area (Å²) in [6, 6.07) is 10.6. The van der Waals surface area contributed by atoms with Crippen molar-refractivity contribution in [3.63, 3.8) is 0 Å². The summed E-state index contributed by atoms with van der Waals surface area (Å²) in [4.78, 5) is 12.4. The molecule has 3 heteroatoms. The summed E-state index contributed by atoms with van der Waals surface area (Å²) in [6.07, 6.45) is 11.3. The number of hydrogen-bond acceptors (Lipinski definition) is 3. The third-order valence-corrected chi connectivity index (χ3v) is 10.4. The predicted octanol–water partition coefficient (Wildman–Crippen LogP) is 6.45. The van der Waals surface area contributed by atoms with Gasteiger partial charge in [0.15, 0.2) is 0 Å². The van der Waals surface area contributed by atoms with E-state index in [1.165, 1.54) is 44.1 Å². The zero-order chi connectivity index (χ0) is 22.3. The molecule has 1 aromatic rings. The van der Waals surface area contributed by atoms with Gasteiger partial charge in [-0.05, 0) is 105 Å². The molecular weight excluding hydrogens is 396 g/mol. The zero-order valence-corrected chi connectivity index (χ0v) is 20.4. The molecule has 0 aliphatic heterocycles. The third-order valence-electron chi connectivity index (χ3n) is 10.4. The summed E-state index contributed by atoms with van der Waals surface area (Å²) in [5.41, 5.74) is 1.39. The molecule has 8 atom stereocenters. The molecule has 0 aromatic heterocycles. The van der Waals surface area contributed by atoms with Gasteiger partial charge < -0.3 is 9.47 Å². The molecule has 176 valence electrons. The molecule has 0 heterocycles. The molecule has 32 heavy (non-hydrogen) atoms. The first kappa shape index (κ1) is 22.6. The van der Waals surface area contributed by atoms with Crippen molar-refractivity contribution in [3.05, 3.63) is 35.9 Å². The van der Waals surface area contributed by atoms with E-state index >= 15 is 0 Å². The van der Waals surface area contributed by atoms with Gasteiger partial charge in [-0.25, -0.2) is 0 Å². The predicted molar refractivity (Wildman–Crippen MR) is 127 cm³/mol. The minimum atomic E-state index is -0.130. The van der Waals surface area contributed by atoms with Gasteiger partial charge in [0.1, 0.15) is 5.78 Å². The Hall–Kier alpha value is -1.19. The highest BCUT2D eigenvalue weighted by Gasteiger charge is 2.58. The van der Waals surface area contributed by atoms with E-state index in [1.54, 1.807) is 0 Å². The standard InChI is InChI=1S/C29H42O3/c1-20(30)26-11-12-27-25-10-9-22-17-29(19-31-3,32-18-21-7-5-4-6-8-21)16-14-23(22)24(25)13-15-28(26,27)2/h4-8,22-27H,9-19H2,1-3H3/t22-,23+,24-,25-,26-,27+,28-,29-/m1/s1. The molecule has 1 aromatic carbocycles. The quantitative estimate of drug-likeness (QED) is 0.512. The smallest absolute Gasteiger partial charge is 0.133 e. The van der Waals surface area contributed by atoms with Crippen LogP contribution < -0.4 is 0 Å². The van der Waals surface area contributed by atoms with E-state index in [0.29, 0.717) is 24.9 Å². The molecule has 0 amide bonds. The van der Waals surface area contributed by atoms with Gasteiger partial charge >= 0.3 is 0 Å². The van der Waals surface area contributed by atoms with Crippen LogP contribution in [0.3, 0.4) is 0 Å². The molecule has 5 rings (SSSR count). The maximum atomic E-state index is 12.4. The normalized spacial score (nSPS) is 43.2. The van der Waals surface area contributed by atoms with Crippen LogP contribution >= 0.6 is 0 Å². The first-order chi connectivity index (χ1) is 15.5. The minimum absolute atomic E-state index is 0.130. The van der Waals surface area contributed by atoms with Crippen molar-refractivity contribution in [2.45, 2.75) is 83.8 Å². The van der Waals surface area contributed by atoms with Crippen LogP contribution in [0.1, 0.15) is 77.2 Å². The van der Waals surface area contributed by atoms with Crippen LogP contribution in [0.25, 0.3) is 0 Å². The monoisotopic (exact) mass is 438 g/mol. The Balaban J connectivity index is 1.28. The number of benzene rings is 1. The molecule has 0 saturated heterocycles. The van der Waals surface area contributed by atoms with E-state index in [2.05, 4.69) is 37.3 Å². The fraction of sp³-hybridized carbons (Fsp3) is 0.759. The topological polar surface area (TPSA) is 35.5 Å². The molecule has 0 unspecified atom stereocenters. The van der Waals surface area contributed by atoms with Gasteiger partial charge in [0, 0.05) is 13.0 Å². The first-order valence-electron chi connectivity index (χ1n) is 13.1. The Morgan fingerprint density at radius 2 is 1.75 bits per heavy atom. The molecule has 3 nitrogen and oxygen atoms in total. The van der Waals surface area contributed by atoms with Crippen LogP contribution in [-0.2, 0) is 20.9 Å². The number of ketones is 1. The number of carbonyl (C=O) groups excluding carboxylic acids is 1. The Labute approximate surface area is 194 Å². The lowest BCUT2D eigenvalue weighted by atomic mass is 9.49. The van der Waals surface area contributed by atoms with Gasteiger partial charge in [0.05, 0.1) is 18.8 Å². The van der Waals surface area contributed by atoms with Crippen molar-refractivity contribution in [1.82, 2.24) is 0 Å². The van der Waals surface area contributed by atoms with Gasteiger partial charge in [-0.1, -0.05) is 37.3 Å². The van der Waals surface area contributed by atoms with Crippen LogP contribution in [0.4, 0.5) is 0 Å². The summed E-state index contributed by atoms with van der Waals surface area (Å²) in [5, 5.41) is 0. The van der Waals surface area contributed by atoms with Crippen molar-refractivity contribution in [2.24, 2.45) is 40.9 Å². The van der Waals surface area contributed by atoms with Gasteiger partial charge in [-0.3, -0.25) is 4.79 Å². The first-order valence-corrected chi connectivity index (χ1v) is 13.1. The number of fused-ring (bicyclic) bond motifs is 5. The second-order valence-corrected chi connectivity index (χ2v) is 11.9. The molecule has 0 spiro atoms. The number of ether oxygens (including phenoxy) is 2. The van der Waals surface area contributed by atoms with Crippen LogP contribution in [0.15, 0.2) is 30.3 Å². The Morgan fingerprint density at radius 3 is 2.50 bits per heavy atom. The van der Waals surface area contributed by atoms with Crippen molar-refractivity contribution < 1.29 is 14.3 Å². The Morgan fingerprint density at radius 1 is 0.969 bits per heavy atom. The fourth-order valence-electron chi connectivity index (χ4n) is 8.99. The molecule has 4 aliphatic carbocycles. The lowest BCUT2D eigenvalue weighted by molar-refractivity contribution is -0.159. The van der Waals surface area contributed by atoms with E-state index in [4.69, 9.17) is 9.47 Å². The number of hydrogen-bond donors (Lipinski definition) is 0. The number of carbonyl (C=O) groups is 1. The number of methoxy groups -OCH3 is 1. The maximum absolute atomic E-state index is 12.4. The summed E-state index contributed by atoms with van der Waals surface area (Å²) < 4.78 is 12.4. The molecule has 4 saturated carbocycles. The van der Waals surface area contributed by atoms with Crippen LogP contribution in [0.5, 0.6) is 0 Å².